The lowest BCUT2D eigenvalue weighted by Crippen LogP contribution is -2.18. The van der Waals surface area contributed by atoms with E-state index < -0.39 is 0 Å². The fraction of sp³-hybridized carbons (Fsp3) is 0.417. The number of nitrogens with zero attached hydrogens (tertiary/aromatic N) is 2. The molecule has 0 unspecified atom stereocenters. The predicted molar refractivity (Wildman–Crippen MR) is 62.2 cm³/mol. The smallest absolute Gasteiger partial charge is 0.267 e. The average molecular weight is 217 g/mol. The summed E-state index contributed by atoms with van der Waals surface area (Å²) >= 11 is 0. The molecule has 0 radical (unpaired) electrons. The van der Waals surface area contributed by atoms with Crippen LogP contribution in [-0.4, -0.2) is 17.1 Å². The minimum absolute atomic E-state index is 0.184. The maximum Gasteiger partial charge on any atom is 0.271 e. The van der Waals surface area contributed by atoms with Gasteiger partial charge in [-0.2, -0.15) is 5.10 Å². The van der Waals surface area contributed by atoms with Gasteiger partial charge in [-0.25, -0.2) is 5.43 Å². The van der Waals surface area contributed by atoms with Gasteiger partial charge in [-0.05, 0) is 30.9 Å². The molecule has 84 valence electrons. The zero-order chi connectivity index (χ0) is 11.2. The second-order valence-corrected chi connectivity index (χ2v) is 4.00. The molecule has 1 fully saturated rings. The largest absolute Gasteiger partial charge is 0.271 e. The number of nitrogens with one attached hydrogen (secondary N) is 1. The van der Waals surface area contributed by atoms with E-state index >= 15 is 0 Å². The molecule has 2 rings (SSSR count). The monoisotopic (exact) mass is 217 g/mol. The van der Waals surface area contributed by atoms with Gasteiger partial charge in [0.25, 0.3) is 5.91 Å². The second-order valence-electron chi connectivity index (χ2n) is 4.00. The first-order chi connectivity index (χ1) is 7.86. The number of rotatable bonds is 3. The molecule has 0 bridgehead atoms. The van der Waals surface area contributed by atoms with Gasteiger partial charge in [0, 0.05) is 24.2 Å². The molecule has 16 heavy (non-hydrogen) atoms. The van der Waals surface area contributed by atoms with Crippen LogP contribution in [0.4, 0.5) is 0 Å². The van der Waals surface area contributed by atoms with Crippen molar-refractivity contribution in [2.24, 2.45) is 11.0 Å². The van der Waals surface area contributed by atoms with Crippen molar-refractivity contribution in [2.75, 3.05) is 0 Å². The highest BCUT2D eigenvalue weighted by molar-refractivity contribution is 5.94. The van der Waals surface area contributed by atoms with Gasteiger partial charge < -0.3 is 0 Å². The molecular weight excluding hydrogens is 202 g/mol. The zero-order valence-corrected chi connectivity index (χ0v) is 9.10. The molecule has 1 N–H and O–H groups in total. The van der Waals surface area contributed by atoms with Crippen molar-refractivity contribution in [1.82, 2.24) is 10.4 Å². The Kier molecular flexibility index (Phi) is 3.64. The lowest BCUT2D eigenvalue weighted by Gasteiger charge is -2.01. The Balaban J connectivity index is 1.83. The highest BCUT2D eigenvalue weighted by Gasteiger charge is 2.12. The summed E-state index contributed by atoms with van der Waals surface area (Å²) in [5, 5.41) is 3.98. The molecule has 0 atom stereocenters. The second kappa shape index (κ2) is 5.39. The Bertz CT molecular complexity index is 369. The molecule has 0 aromatic carbocycles. The maximum absolute atomic E-state index is 11.6. The van der Waals surface area contributed by atoms with Gasteiger partial charge in [0.15, 0.2) is 0 Å². The van der Waals surface area contributed by atoms with E-state index in [0.29, 0.717) is 11.5 Å². The predicted octanol–water partition coefficient (Wildman–Crippen LogP) is 1.99. The van der Waals surface area contributed by atoms with E-state index in [1.54, 1.807) is 24.5 Å². The summed E-state index contributed by atoms with van der Waals surface area (Å²) in [5.74, 6) is 0.356. The van der Waals surface area contributed by atoms with E-state index in [-0.39, 0.29) is 5.91 Å². The third-order valence-corrected chi connectivity index (χ3v) is 2.79. The highest BCUT2D eigenvalue weighted by atomic mass is 16.2. The van der Waals surface area contributed by atoms with Gasteiger partial charge in [0.2, 0.25) is 0 Å². The lowest BCUT2D eigenvalue weighted by molar-refractivity contribution is 0.0955. The van der Waals surface area contributed by atoms with Gasteiger partial charge in [-0.1, -0.05) is 12.8 Å². The Morgan fingerprint density at radius 1 is 1.38 bits per heavy atom. The van der Waals surface area contributed by atoms with Crippen molar-refractivity contribution in [1.29, 1.82) is 0 Å². The molecule has 1 aromatic rings. The van der Waals surface area contributed by atoms with E-state index in [2.05, 4.69) is 15.5 Å². The maximum atomic E-state index is 11.6. The van der Waals surface area contributed by atoms with E-state index in [1.807, 2.05) is 6.21 Å². The SMILES string of the molecule is O=C(N/N=C/C1CCCC1)c1ccncc1. The number of aromatic nitrogens is 1. The zero-order valence-electron chi connectivity index (χ0n) is 9.10. The third-order valence-electron chi connectivity index (χ3n) is 2.79. The van der Waals surface area contributed by atoms with Gasteiger partial charge in [-0.15, -0.1) is 0 Å². The first-order valence-corrected chi connectivity index (χ1v) is 5.60. The van der Waals surface area contributed by atoms with Gasteiger partial charge >= 0.3 is 0 Å². The molecule has 1 heterocycles. The molecule has 0 saturated heterocycles. The van der Waals surface area contributed by atoms with Crippen molar-refractivity contribution >= 4 is 12.1 Å². The highest BCUT2D eigenvalue weighted by Crippen LogP contribution is 2.22. The van der Waals surface area contributed by atoms with Crippen molar-refractivity contribution < 1.29 is 4.79 Å². The average Bonchev–Trinajstić information content (AvgIpc) is 2.83. The molecule has 1 aliphatic rings. The third kappa shape index (κ3) is 2.89. The van der Waals surface area contributed by atoms with Crippen molar-refractivity contribution in [3.63, 3.8) is 0 Å². The standard InChI is InChI=1S/C12H15N3O/c16-12(11-5-7-13-8-6-11)15-14-9-10-3-1-2-4-10/h5-10H,1-4H2,(H,15,16)/b14-9+. The number of hydrogen-bond acceptors (Lipinski definition) is 3. The quantitative estimate of drug-likeness (QED) is 0.621. The van der Waals surface area contributed by atoms with Crippen LogP contribution >= 0.6 is 0 Å². The summed E-state index contributed by atoms with van der Waals surface area (Å²) in [7, 11) is 0. The summed E-state index contributed by atoms with van der Waals surface area (Å²) in [6.07, 6.45) is 9.96. The Morgan fingerprint density at radius 3 is 2.75 bits per heavy atom. The van der Waals surface area contributed by atoms with Gasteiger partial charge in [0.1, 0.15) is 0 Å². The van der Waals surface area contributed by atoms with E-state index in [0.717, 1.165) is 0 Å². The molecule has 0 spiro atoms. The minimum atomic E-state index is -0.184. The molecule has 1 aliphatic carbocycles. The number of hydrogen-bond donors (Lipinski definition) is 1. The Labute approximate surface area is 94.8 Å². The molecule has 4 heteroatoms. The van der Waals surface area contributed by atoms with Gasteiger partial charge in [0.05, 0.1) is 0 Å². The minimum Gasteiger partial charge on any atom is -0.267 e. The molecule has 1 aromatic heterocycles. The summed E-state index contributed by atoms with van der Waals surface area (Å²) in [6, 6.07) is 3.33. The Hall–Kier alpha value is -1.71. The van der Waals surface area contributed by atoms with Crippen LogP contribution in [-0.2, 0) is 0 Å². The van der Waals surface area contributed by atoms with Crippen LogP contribution in [0.25, 0.3) is 0 Å². The van der Waals surface area contributed by atoms with Crippen LogP contribution in [0.15, 0.2) is 29.6 Å². The van der Waals surface area contributed by atoms with Crippen molar-refractivity contribution in [3.8, 4) is 0 Å². The summed E-state index contributed by atoms with van der Waals surface area (Å²) in [4.78, 5) is 15.4. The lowest BCUT2D eigenvalue weighted by atomic mass is 10.1. The Morgan fingerprint density at radius 2 is 2.06 bits per heavy atom. The molecule has 1 amide bonds. The van der Waals surface area contributed by atoms with Gasteiger partial charge in [-0.3, -0.25) is 9.78 Å². The number of hydrazone groups is 1. The van der Waals surface area contributed by atoms with Crippen LogP contribution < -0.4 is 5.43 Å². The molecule has 0 aliphatic heterocycles. The number of pyridine rings is 1. The van der Waals surface area contributed by atoms with Crippen molar-refractivity contribution in [2.45, 2.75) is 25.7 Å². The number of carbonyl (C=O) groups excluding carboxylic acids is 1. The summed E-state index contributed by atoms with van der Waals surface area (Å²) in [5.41, 5.74) is 3.11. The molecule has 1 saturated carbocycles. The van der Waals surface area contributed by atoms with Crippen LogP contribution in [0.5, 0.6) is 0 Å². The van der Waals surface area contributed by atoms with Crippen LogP contribution in [0.3, 0.4) is 0 Å². The molecular formula is C12H15N3O. The van der Waals surface area contributed by atoms with E-state index in [9.17, 15) is 4.79 Å². The summed E-state index contributed by atoms with van der Waals surface area (Å²) in [6.45, 7) is 0. The van der Waals surface area contributed by atoms with Crippen molar-refractivity contribution in [3.05, 3.63) is 30.1 Å². The van der Waals surface area contributed by atoms with Crippen LogP contribution in [0, 0.1) is 5.92 Å². The topological polar surface area (TPSA) is 54.4 Å². The fourth-order valence-electron chi connectivity index (χ4n) is 1.88. The summed E-state index contributed by atoms with van der Waals surface area (Å²) < 4.78 is 0. The van der Waals surface area contributed by atoms with E-state index in [1.165, 1.54) is 25.7 Å². The normalized spacial score (nSPS) is 16.8. The first-order valence-electron chi connectivity index (χ1n) is 5.60. The number of amides is 1. The molecule has 4 nitrogen and oxygen atoms in total. The van der Waals surface area contributed by atoms with E-state index in [4.69, 9.17) is 0 Å². The fourth-order valence-corrected chi connectivity index (χ4v) is 1.88. The number of carbonyl (C=O) groups is 1. The van der Waals surface area contributed by atoms with Crippen LogP contribution in [0.2, 0.25) is 0 Å². The van der Waals surface area contributed by atoms with Crippen LogP contribution in [0.1, 0.15) is 36.0 Å². The first kappa shape index (κ1) is 10.8.